The molecule has 4 rings (SSSR count). The topological polar surface area (TPSA) is 84.5 Å². The van der Waals surface area contributed by atoms with Gasteiger partial charge in [0.15, 0.2) is 11.0 Å². The summed E-state index contributed by atoms with van der Waals surface area (Å²) in [4.78, 5) is 36.4. The molecule has 2 aliphatic rings. The van der Waals surface area contributed by atoms with Gasteiger partial charge in [0.05, 0.1) is 0 Å². The minimum absolute atomic E-state index is 0.170. The highest BCUT2D eigenvalue weighted by atomic mass is 16.5. The summed E-state index contributed by atoms with van der Waals surface area (Å²) >= 11 is 0. The van der Waals surface area contributed by atoms with Crippen molar-refractivity contribution in [3.8, 4) is 5.75 Å². The Morgan fingerprint density at radius 3 is 1.92 bits per heavy atom. The molecule has 1 heterocycles. The zero-order chi connectivity index (χ0) is 16.8. The van der Waals surface area contributed by atoms with Gasteiger partial charge in [-0.15, -0.1) is 0 Å². The molecule has 1 atom stereocenters. The molecular formula is C18H14N2O4. The number of imide groups is 2. The normalized spacial score (nSPS) is 24.2. The molecule has 2 aromatic rings. The van der Waals surface area contributed by atoms with Gasteiger partial charge in [-0.3, -0.25) is 20.2 Å². The first-order valence-electron chi connectivity index (χ1n) is 7.55. The van der Waals surface area contributed by atoms with Gasteiger partial charge in [-0.25, -0.2) is 4.79 Å². The third kappa shape index (κ3) is 1.86. The van der Waals surface area contributed by atoms with E-state index in [9.17, 15) is 14.4 Å². The maximum Gasteiger partial charge on any atom is 0.328 e. The Labute approximate surface area is 137 Å². The second-order valence-electron chi connectivity index (χ2n) is 5.93. The number of hydrogen-bond donors (Lipinski definition) is 2. The zero-order valence-electron chi connectivity index (χ0n) is 12.6. The highest BCUT2D eigenvalue weighted by Crippen LogP contribution is 2.65. The van der Waals surface area contributed by atoms with Crippen LogP contribution in [0.3, 0.4) is 0 Å². The molecular weight excluding hydrogens is 308 g/mol. The van der Waals surface area contributed by atoms with Crippen molar-refractivity contribution in [1.82, 2.24) is 10.6 Å². The Kier molecular flexibility index (Phi) is 2.96. The second-order valence-corrected chi connectivity index (χ2v) is 5.93. The number of rotatable bonds is 3. The van der Waals surface area contributed by atoms with Crippen molar-refractivity contribution >= 4 is 17.8 Å². The average molecular weight is 322 g/mol. The number of amides is 4. The van der Waals surface area contributed by atoms with E-state index in [0.717, 1.165) is 0 Å². The molecule has 2 aromatic carbocycles. The molecule has 0 bridgehead atoms. The predicted molar refractivity (Wildman–Crippen MR) is 83.9 cm³/mol. The highest BCUT2D eigenvalue weighted by Gasteiger charge is 2.81. The molecule has 1 unspecified atom stereocenters. The van der Waals surface area contributed by atoms with Crippen LogP contribution in [0.25, 0.3) is 0 Å². The minimum Gasteiger partial charge on any atom is -0.481 e. The van der Waals surface area contributed by atoms with Crippen molar-refractivity contribution in [1.29, 1.82) is 0 Å². The van der Waals surface area contributed by atoms with Crippen molar-refractivity contribution in [2.24, 2.45) is 5.41 Å². The fourth-order valence-electron chi connectivity index (χ4n) is 3.34. The van der Waals surface area contributed by atoms with Crippen LogP contribution in [-0.4, -0.2) is 17.8 Å². The standard InChI is InChI=1S/C18H14N2O4/c21-14-17(15(22)20-16(23)19-14)11-18(17,12-7-3-1-4-8-12)24-13-9-5-2-6-10-13/h1-10H,11H2,(H2,19,20,21,22,23). The number of carbonyl (C=O) groups is 3. The van der Waals surface area contributed by atoms with Crippen molar-refractivity contribution < 1.29 is 19.1 Å². The maximum absolute atomic E-state index is 12.5. The van der Waals surface area contributed by atoms with Gasteiger partial charge < -0.3 is 4.74 Å². The second kappa shape index (κ2) is 4.92. The van der Waals surface area contributed by atoms with Crippen LogP contribution in [0, 0.1) is 5.41 Å². The largest absolute Gasteiger partial charge is 0.481 e. The number of urea groups is 1. The van der Waals surface area contributed by atoms with Gasteiger partial charge in [0.25, 0.3) is 0 Å². The van der Waals surface area contributed by atoms with E-state index < -0.39 is 28.9 Å². The SMILES string of the molecule is O=C1NC(=O)C2(CC2(Oc2ccccc2)c2ccccc2)C(=O)N1. The van der Waals surface area contributed by atoms with Gasteiger partial charge in [0.2, 0.25) is 11.8 Å². The zero-order valence-corrected chi connectivity index (χ0v) is 12.6. The van der Waals surface area contributed by atoms with Gasteiger partial charge in [-0.2, -0.15) is 0 Å². The number of barbiturate groups is 1. The third-order valence-electron chi connectivity index (χ3n) is 4.58. The van der Waals surface area contributed by atoms with Crippen LogP contribution in [0.4, 0.5) is 4.79 Å². The van der Waals surface area contributed by atoms with E-state index in [4.69, 9.17) is 4.74 Å². The molecule has 6 nitrogen and oxygen atoms in total. The van der Waals surface area contributed by atoms with Gasteiger partial charge in [0, 0.05) is 6.42 Å². The minimum atomic E-state index is -1.45. The lowest BCUT2D eigenvalue weighted by Gasteiger charge is -2.28. The molecule has 1 aliphatic carbocycles. The van der Waals surface area contributed by atoms with Crippen LogP contribution in [0.5, 0.6) is 5.75 Å². The van der Waals surface area contributed by atoms with E-state index in [0.29, 0.717) is 11.3 Å². The summed E-state index contributed by atoms with van der Waals surface area (Å²) in [6.45, 7) is 0. The molecule has 1 aliphatic heterocycles. The number of para-hydroxylation sites is 1. The average Bonchev–Trinajstić information content (AvgIpc) is 3.26. The van der Waals surface area contributed by atoms with Crippen LogP contribution < -0.4 is 15.4 Å². The summed E-state index contributed by atoms with van der Waals surface area (Å²) in [5.74, 6) is -0.706. The lowest BCUT2D eigenvalue weighted by molar-refractivity contribution is -0.141. The van der Waals surface area contributed by atoms with Crippen molar-refractivity contribution in [3.05, 3.63) is 66.2 Å². The monoisotopic (exact) mass is 322 g/mol. The van der Waals surface area contributed by atoms with Crippen molar-refractivity contribution in [2.45, 2.75) is 12.0 Å². The molecule has 2 N–H and O–H groups in total. The molecule has 0 radical (unpaired) electrons. The first-order chi connectivity index (χ1) is 11.6. The summed E-state index contributed by atoms with van der Waals surface area (Å²) in [5, 5.41) is 4.37. The quantitative estimate of drug-likeness (QED) is 0.843. The maximum atomic E-state index is 12.5. The van der Waals surface area contributed by atoms with E-state index in [-0.39, 0.29) is 6.42 Å². The molecule has 4 amide bonds. The Balaban J connectivity index is 1.81. The van der Waals surface area contributed by atoms with Crippen LogP contribution in [-0.2, 0) is 15.2 Å². The van der Waals surface area contributed by atoms with E-state index >= 15 is 0 Å². The Morgan fingerprint density at radius 2 is 1.33 bits per heavy atom. The molecule has 1 saturated carbocycles. The summed E-state index contributed by atoms with van der Waals surface area (Å²) in [7, 11) is 0. The first-order valence-corrected chi connectivity index (χ1v) is 7.55. The summed E-state index contributed by atoms with van der Waals surface area (Å²) in [5.41, 5.74) is -1.86. The molecule has 6 heteroatoms. The molecule has 120 valence electrons. The molecule has 2 fully saturated rings. The van der Waals surface area contributed by atoms with E-state index in [1.807, 2.05) is 48.5 Å². The van der Waals surface area contributed by atoms with Crippen LogP contribution in [0.2, 0.25) is 0 Å². The van der Waals surface area contributed by atoms with E-state index in [1.54, 1.807) is 12.1 Å². The highest BCUT2D eigenvalue weighted by molar-refractivity contribution is 6.22. The summed E-state index contributed by atoms with van der Waals surface area (Å²) in [6, 6.07) is 17.3. The Bertz CT molecular complexity index is 815. The van der Waals surface area contributed by atoms with Crippen molar-refractivity contribution in [3.63, 3.8) is 0 Å². The fourth-order valence-corrected chi connectivity index (χ4v) is 3.34. The predicted octanol–water partition coefficient (Wildman–Crippen LogP) is 1.72. The Morgan fingerprint density at radius 1 is 0.792 bits per heavy atom. The Hall–Kier alpha value is -3.15. The summed E-state index contributed by atoms with van der Waals surface area (Å²) < 4.78 is 6.14. The molecule has 1 spiro atoms. The lowest BCUT2D eigenvalue weighted by atomic mass is 9.92. The van der Waals surface area contributed by atoms with Crippen LogP contribution in [0.1, 0.15) is 12.0 Å². The summed E-state index contributed by atoms with van der Waals surface area (Å²) in [6.07, 6.45) is 0.170. The lowest BCUT2D eigenvalue weighted by Crippen LogP contribution is -2.59. The fraction of sp³-hybridized carbons (Fsp3) is 0.167. The first kappa shape index (κ1) is 14.4. The van der Waals surface area contributed by atoms with Crippen molar-refractivity contribution in [2.75, 3.05) is 0 Å². The number of nitrogens with one attached hydrogen (secondary N) is 2. The van der Waals surface area contributed by atoms with Gasteiger partial charge in [0.1, 0.15) is 5.75 Å². The van der Waals surface area contributed by atoms with Gasteiger partial charge >= 0.3 is 6.03 Å². The number of benzene rings is 2. The van der Waals surface area contributed by atoms with Crippen LogP contribution >= 0.6 is 0 Å². The van der Waals surface area contributed by atoms with E-state index in [1.165, 1.54) is 0 Å². The van der Waals surface area contributed by atoms with Gasteiger partial charge in [-0.1, -0.05) is 48.5 Å². The van der Waals surface area contributed by atoms with Gasteiger partial charge in [-0.05, 0) is 17.7 Å². The number of ether oxygens (including phenoxy) is 1. The van der Waals surface area contributed by atoms with E-state index in [2.05, 4.69) is 10.6 Å². The molecule has 24 heavy (non-hydrogen) atoms. The number of carbonyl (C=O) groups excluding carboxylic acids is 3. The molecule has 0 aromatic heterocycles. The van der Waals surface area contributed by atoms with Crippen LogP contribution in [0.15, 0.2) is 60.7 Å². The third-order valence-corrected chi connectivity index (χ3v) is 4.58. The molecule has 1 saturated heterocycles. The smallest absolute Gasteiger partial charge is 0.328 e. The number of hydrogen-bond acceptors (Lipinski definition) is 4.